The van der Waals surface area contributed by atoms with Crippen LogP contribution in [0.15, 0.2) is 11.6 Å². The van der Waals surface area contributed by atoms with Crippen molar-refractivity contribution < 1.29 is 4.79 Å². The molecule has 2 heteroatoms. The molecule has 0 aromatic heterocycles. The summed E-state index contributed by atoms with van der Waals surface area (Å²) >= 11 is 0. The largest absolute Gasteiger partial charge is 0.327 e. The van der Waals surface area contributed by atoms with E-state index in [0.717, 1.165) is 24.8 Å². The fourth-order valence-electron chi connectivity index (χ4n) is 3.23. The quantitative estimate of drug-likeness (QED) is 0.717. The third kappa shape index (κ3) is 1.87. The van der Waals surface area contributed by atoms with Crippen LogP contribution in [0, 0.1) is 11.3 Å². The molecule has 0 amide bonds. The molecule has 2 rings (SSSR count). The molecular formula is C13H21NO. The summed E-state index contributed by atoms with van der Waals surface area (Å²) < 4.78 is 0. The van der Waals surface area contributed by atoms with Crippen molar-refractivity contribution in [2.24, 2.45) is 17.1 Å². The normalized spacial score (nSPS) is 40.6. The number of fused-ring (bicyclic) bond motifs is 1. The molecule has 2 nitrogen and oxygen atoms in total. The molecule has 2 N–H and O–H groups in total. The minimum atomic E-state index is 0.231. The molecule has 0 radical (unpaired) electrons. The molecule has 1 fully saturated rings. The Labute approximate surface area is 91.9 Å². The van der Waals surface area contributed by atoms with E-state index in [-0.39, 0.29) is 11.8 Å². The van der Waals surface area contributed by atoms with Gasteiger partial charge in [0.05, 0.1) is 0 Å². The Morgan fingerprint density at radius 2 is 2.27 bits per heavy atom. The minimum Gasteiger partial charge on any atom is -0.327 e. The fraction of sp³-hybridized carbons (Fsp3) is 0.769. The van der Waals surface area contributed by atoms with Crippen molar-refractivity contribution >= 4 is 5.78 Å². The van der Waals surface area contributed by atoms with Crippen LogP contribution in [0.5, 0.6) is 0 Å². The van der Waals surface area contributed by atoms with Gasteiger partial charge in [-0.3, -0.25) is 4.79 Å². The second-order valence-electron chi connectivity index (χ2n) is 5.48. The summed E-state index contributed by atoms with van der Waals surface area (Å²) in [5, 5.41) is 0. The zero-order valence-electron chi connectivity index (χ0n) is 9.75. The van der Waals surface area contributed by atoms with Gasteiger partial charge < -0.3 is 5.73 Å². The molecule has 1 saturated carbocycles. The summed E-state index contributed by atoms with van der Waals surface area (Å²) in [6.45, 7) is 4.01. The van der Waals surface area contributed by atoms with Crippen molar-refractivity contribution in [2.45, 2.75) is 52.0 Å². The SMILES string of the molecule is CC(=O)C1=C[C@H]2[C@H](N)CCC[C@]2(C)CC1. The number of ketones is 1. The molecule has 2 aliphatic rings. The molecule has 0 aliphatic heterocycles. The number of allylic oxidation sites excluding steroid dienone is 1. The van der Waals surface area contributed by atoms with Crippen LogP contribution in [0.1, 0.15) is 46.0 Å². The lowest BCUT2D eigenvalue weighted by atomic mass is 9.60. The van der Waals surface area contributed by atoms with Gasteiger partial charge >= 0.3 is 0 Å². The van der Waals surface area contributed by atoms with Crippen LogP contribution in [0.25, 0.3) is 0 Å². The van der Waals surface area contributed by atoms with E-state index in [2.05, 4.69) is 13.0 Å². The predicted molar refractivity (Wildman–Crippen MR) is 61.4 cm³/mol. The molecule has 84 valence electrons. The van der Waals surface area contributed by atoms with Crippen LogP contribution in [0.3, 0.4) is 0 Å². The smallest absolute Gasteiger partial charge is 0.155 e. The Bertz CT molecular complexity index is 308. The lowest BCUT2D eigenvalue weighted by Crippen LogP contribution is -2.45. The van der Waals surface area contributed by atoms with Gasteiger partial charge in [-0.1, -0.05) is 19.4 Å². The summed E-state index contributed by atoms with van der Waals surface area (Å²) in [5.74, 6) is 0.661. The van der Waals surface area contributed by atoms with Gasteiger partial charge in [0.2, 0.25) is 0 Å². The standard InChI is InChI=1S/C13H21NO/c1-9(15)10-5-7-13(2)6-3-4-12(14)11(13)8-10/h8,11-12H,3-7,14H2,1-2H3/t11-,12+,13+/m0/s1. The average Bonchev–Trinajstić information content (AvgIpc) is 2.17. The highest BCUT2D eigenvalue weighted by atomic mass is 16.1. The molecule has 0 spiro atoms. The van der Waals surface area contributed by atoms with Crippen molar-refractivity contribution in [3.05, 3.63) is 11.6 Å². The van der Waals surface area contributed by atoms with E-state index in [1.54, 1.807) is 6.92 Å². The summed E-state index contributed by atoms with van der Waals surface area (Å²) in [6.07, 6.45) is 7.90. The van der Waals surface area contributed by atoms with Crippen LogP contribution in [0.2, 0.25) is 0 Å². The van der Waals surface area contributed by atoms with Gasteiger partial charge in [0.15, 0.2) is 5.78 Å². The Hall–Kier alpha value is -0.630. The molecule has 0 saturated heterocycles. The molecular weight excluding hydrogens is 186 g/mol. The molecule has 2 aliphatic carbocycles. The number of nitrogens with two attached hydrogens (primary N) is 1. The Balaban J connectivity index is 2.28. The second kappa shape index (κ2) is 3.75. The van der Waals surface area contributed by atoms with Gasteiger partial charge in [0, 0.05) is 6.04 Å². The van der Waals surface area contributed by atoms with Gasteiger partial charge in [-0.15, -0.1) is 0 Å². The van der Waals surface area contributed by atoms with E-state index >= 15 is 0 Å². The van der Waals surface area contributed by atoms with Gasteiger partial charge in [-0.25, -0.2) is 0 Å². The van der Waals surface area contributed by atoms with E-state index < -0.39 is 0 Å². The summed E-state index contributed by atoms with van der Waals surface area (Å²) in [6, 6.07) is 0.262. The summed E-state index contributed by atoms with van der Waals surface area (Å²) in [5.41, 5.74) is 7.55. The maximum absolute atomic E-state index is 11.4. The number of carbonyl (C=O) groups is 1. The third-order valence-electron chi connectivity index (χ3n) is 4.35. The van der Waals surface area contributed by atoms with Crippen molar-refractivity contribution in [1.82, 2.24) is 0 Å². The molecule has 0 heterocycles. The van der Waals surface area contributed by atoms with Gasteiger partial charge in [0.1, 0.15) is 0 Å². The van der Waals surface area contributed by atoms with Crippen molar-refractivity contribution in [3.8, 4) is 0 Å². The van der Waals surface area contributed by atoms with Crippen LogP contribution >= 0.6 is 0 Å². The maximum atomic E-state index is 11.4. The van der Waals surface area contributed by atoms with E-state index in [0.29, 0.717) is 11.3 Å². The zero-order valence-corrected chi connectivity index (χ0v) is 9.75. The molecule has 0 unspecified atom stereocenters. The van der Waals surface area contributed by atoms with E-state index in [4.69, 9.17) is 5.73 Å². The summed E-state index contributed by atoms with van der Waals surface area (Å²) in [4.78, 5) is 11.4. The summed E-state index contributed by atoms with van der Waals surface area (Å²) in [7, 11) is 0. The van der Waals surface area contributed by atoms with Crippen molar-refractivity contribution in [1.29, 1.82) is 0 Å². The van der Waals surface area contributed by atoms with Gasteiger partial charge in [-0.05, 0) is 49.5 Å². The van der Waals surface area contributed by atoms with Crippen LogP contribution < -0.4 is 5.73 Å². The first kappa shape index (κ1) is 10.9. The molecule has 0 bridgehead atoms. The Morgan fingerprint density at radius 1 is 1.53 bits per heavy atom. The van der Waals surface area contributed by atoms with Crippen LogP contribution in [-0.4, -0.2) is 11.8 Å². The monoisotopic (exact) mass is 207 g/mol. The van der Waals surface area contributed by atoms with Crippen LogP contribution in [-0.2, 0) is 4.79 Å². The number of Topliss-reactive ketones (excluding diaryl/α,β-unsaturated/α-hetero) is 1. The van der Waals surface area contributed by atoms with E-state index in [9.17, 15) is 4.79 Å². The fourth-order valence-corrected chi connectivity index (χ4v) is 3.23. The molecule has 15 heavy (non-hydrogen) atoms. The predicted octanol–water partition coefficient (Wildman–Crippen LogP) is 2.43. The number of hydrogen-bond acceptors (Lipinski definition) is 2. The molecule has 0 aromatic carbocycles. The van der Waals surface area contributed by atoms with Crippen molar-refractivity contribution in [2.75, 3.05) is 0 Å². The minimum absolute atomic E-state index is 0.231. The Kier molecular flexibility index (Phi) is 2.72. The number of hydrogen-bond donors (Lipinski definition) is 1. The highest BCUT2D eigenvalue weighted by Gasteiger charge is 2.41. The molecule has 0 aromatic rings. The number of rotatable bonds is 1. The van der Waals surface area contributed by atoms with E-state index in [1.807, 2.05) is 0 Å². The Morgan fingerprint density at radius 3 is 2.93 bits per heavy atom. The molecule has 3 atom stereocenters. The van der Waals surface area contributed by atoms with E-state index in [1.165, 1.54) is 12.8 Å². The van der Waals surface area contributed by atoms with Crippen LogP contribution in [0.4, 0.5) is 0 Å². The first-order valence-electron chi connectivity index (χ1n) is 6.00. The topological polar surface area (TPSA) is 43.1 Å². The first-order valence-corrected chi connectivity index (χ1v) is 6.00. The zero-order chi connectivity index (χ0) is 11.1. The highest BCUT2D eigenvalue weighted by Crippen LogP contribution is 2.48. The third-order valence-corrected chi connectivity index (χ3v) is 4.35. The average molecular weight is 207 g/mol. The first-order chi connectivity index (χ1) is 7.03. The van der Waals surface area contributed by atoms with Gasteiger partial charge in [-0.2, -0.15) is 0 Å². The highest BCUT2D eigenvalue weighted by molar-refractivity contribution is 5.93. The maximum Gasteiger partial charge on any atom is 0.155 e. The lowest BCUT2D eigenvalue weighted by Gasteiger charge is -2.46. The second-order valence-corrected chi connectivity index (χ2v) is 5.48. The number of carbonyl (C=O) groups excluding carboxylic acids is 1. The lowest BCUT2D eigenvalue weighted by molar-refractivity contribution is -0.114. The van der Waals surface area contributed by atoms with Gasteiger partial charge in [0.25, 0.3) is 0 Å². The van der Waals surface area contributed by atoms with Crippen molar-refractivity contribution in [3.63, 3.8) is 0 Å².